The van der Waals surface area contributed by atoms with Crippen molar-refractivity contribution in [2.75, 3.05) is 27.2 Å². The van der Waals surface area contributed by atoms with E-state index in [1.165, 1.54) is 0 Å². The fraction of sp³-hybridized carbons (Fsp3) is 0.571. The van der Waals surface area contributed by atoms with Crippen LogP contribution in [0.15, 0.2) is 27.3 Å². The Hall–Kier alpha value is -1.70. The molecule has 3 heterocycles. The highest BCUT2D eigenvalue weighted by Crippen LogP contribution is 2.22. The van der Waals surface area contributed by atoms with Gasteiger partial charge in [-0.1, -0.05) is 5.16 Å². The van der Waals surface area contributed by atoms with Gasteiger partial charge in [-0.05, 0) is 32.6 Å². The molecule has 2 aromatic rings. The maximum atomic E-state index is 9.87. The third-order valence-corrected chi connectivity index (χ3v) is 3.63. The average Bonchev–Trinajstić information content (AvgIpc) is 3.11. The Morgan fingerprint density at radius 2 is 2.33 bits per heavy atom. The van der Waals surface area contributed by atoms with Crippen LogP contribution in [-0.4, -0.2) is 64.4 Å². The lowest BCUT2D eigenvalue weighted by Crippen LogP contribution is -2.37. The largest absolute Gasteiger partial charge is 0.461 e. The maximum absolute atomic E-state index is 9.87. The van der Waals surface area contributed by atoms with Crippen molar-refractivity contribution in [1.29, 1.82) is 0 Å². The Morgan fingerprint density at radius 3 is 3.05 bits per heavy atom. The molecule has 2 unspecified atom stereocenters. The Morgan fingerprint density at radius 1 is 1.48 bits per heavy atom. The summed E-state index contributed by atoms with van der Waals surface area (Å²) in [4.78, 5) is 8.65. The zero-order chi connectivity index (χ0) is 14.8. The second-order valence-electron chi connectivity index (χ2n) is 5.72. The third kappa shape index (κ3) is 3.31. The smallest absolute Gasteiger partial charge is 0.241 e. The summed E-state index contributed by atoms with van der Waals surface area (Å²) >= 11 is 0. The Kier molecular flexibility index (Phi) is 4.05. The van der Waals surface area contributed by atoms with Crippen LogP contribution in [0.25, 0.3) is 11.6 Å². The van der Waals surface area contributed by atoms with Gasteiger partial charge >= 0.3 is 0 Å². The van der Waals surface area contributed by atoms with Crippen LogP contribution in [0.3, 0.4) is 0 Å². The SMILES string of the molecule is CN(C)CC1CC(O)CN1Cc1nc(-c2ccco2)no1. The minimum absolute atomic E-state index is 0.289. The molecular weight excluding hydrogens is 272 g/mol. The van der Waals surface area contributed by atoms with Crippen LogP contribution in [0.4, 0.5) is 0 Å². The summed E-state index contributed by atoms with van der Waals surface area (Å²) < 4.78 is 10.5. The van der Waals surface area contributed by atoms with Crippen LogP contribution >= 0.6 is 0 Å². The van der Waals surface area contributed by atoms with Gasteiger partial charge in [0.25, 0.3) is 0 Å². The molecule has 7 nitrogen and oxygen atoms in total. The highest BCUT2D eigenvalue weighted by Gasteiger charge is 2.32. The van der Waals surface area contributed by atoms with Crippen LogP contribution < -0.4 is 0 Å². The van der Waals surface area contributed by atoms with Crippen LogP contribution in [0.1, 0.15) is 12.3 Å². The summed E-state index contributed by atoms with van der Waals surface area (Å²) in [5.74, 6) is 1.59. The number of hydrogen-bond donors (Lipinski definition) is 1. The van der Waals surface area contributed by atoms with Crippen molar-refractivity contribution >= 4 is 0 Å². The molecule has 3 rings (SSSR count). The Labute approximate surface area is 123 Å². The molecule has 0 saturated carbocycles. The van der Waals surface area contributed by atoms with Crippen molar-refractivity contribution in [2.24, 2.45) is 0 Å². The molecule has 7 heteroatoms. The van der Waals surface area contributed by atoms with Gasteiger partial charge in [0.2, 0.25) is 11.7 Å². The molecule has 0 aromatic carbocycles. The Balaban J connectivity index is 1.68. The lowest BCUT2D eigenvalue weighted by atomic mass is 10.2. The molecule has 1 aliphatic heterocycles. The lowest BCUT2D eigenvalue weighted by Gasteiger charge is -2.25. The van der Waals surface area contributed by atoms with E-state index in [2.05, 4.69) is 19.9 Å². The summed E-state index contributed by atoms with van der Waals surface area (Å²) in [6, 6.07) is 3.88. The third-order valence-electron chi connectivity index (χ3n) is 3.63. The van der Waals surface area contributed by atoms with E-state index in [0.29, 0.717) is 36.6 Å². The topological polar surface area (TPSA) is 78.8 Å². The van der Waals surface area contributed by atoms with Crippen molar-refractivity contribution in [3.05, 3.63) is 24.3 Å². The van der Waals surface area contributed by atoms with Crippen LogP contribution in [0.5, 0.6) is 0 Å². The number of nitrogens with zero attached hydrogens (tertiary/aromatic N) is 4. The molecule has 1 N–H and O–H groups in total. The predicted octanol–water partition coefficient (Wildman–Crippen LogP) is 0.826. The molecule has 21 heavy (non-hydrogen) atoms. The molecule has 0 aliphatic carbocycles. The minimum atomic E-state index is -0.289. The minimum Gasteiger partial charge on any atom is -0.461 e. The molecule has 114 valence electrons. The number of aromatic nitrogens is 2. The van der Waals surface area contributed by atoms with E-state index in [1.54, 1.807) is 18.4 Å². The van der Waals surface area contributed by atoms with Gasteiger partial charge in [0.15, 0.2) is 5.76 Å². The molecule has 2 aromatic heterocycles. The highest BCUT2D eigenvalue weighted by atomic mass is 16.5. The molecule has 0 amide bonds. The van der Waals surface area contributed by atoms with E-state index < -0.39 is 0 Å². The monoisotopic (exact) mass is 292 g/mol. The second kappa shape index (κ2) is 5.97. The fourth-order valence-corrected chi connectivity index (χ4v) is 2.76. The van der Waals surface area contributed by atoms with E-state index in [0.717, 1.165) is 13.0 Å². The van der Waals surface area contributed by atoms with E-state index in [1.807, 2.05) is 14.1 Å². The van der Waals surface area contributed by atoms with Crippen molar-refractivity contribution in [2.45, 2.75) is 25.1 Å². The summed E-state index contributed by atoms with van der Waals surface area (Å²) in [6.07, 6.45) is 2.06. The van der Waals surface area contributed by atoms with E-state index in [9.17, 15) is 5.11 Å². The van der Waals surface area contributed by atoms with Crippen LogP contribution in [-0.2, 0) is 6.54 Å². The average molecular weight is 292 g/mol. The molecule has 0 bridgehead atoms. The first-order valence-electron chi connectivity index (χ1n) is 7.05. The van der Waals surface area contributed by atoms with Crippen molar-refractivity contribution < 1.29 is 14.0 Å². The molecule has 2 atom stereocenters. The number of rotatable bonds is 5. The van der Waals surface area contributed by atoms with Crippen molar-refractivity contribution in [1.82, 2.24) is 19.9 Å². The number of aliphatic hydroxyl groups is 1. The first-order valence-corrected chi connectivity index (χ1v) is 7.05. The van der Waals surface area contributed by atoms with Gasteiger partial charge in [0, 0.05) is 19.1 Å². The number of likely N-dealkylation sites (tertiary alicyclic amines) is 1. The quantitative estimate of drug-likeness (QED) is 0.874. The second-order valence-corrected chi connectivity index (χ2v) is 5.72. The number of aliphatic hydroxyl groups excluding tert-OH is 1. The zero-order valence-electron chi connectivity index (χ0n) is 12.3. The van der Waals surface area contributed by atoms with E-state index in [-0.39, 0.29) is 6.10 Å². The van der Waals surface area contributed by atoms with E-state index >= 15 is 0 Å². The van der Waals surface area contributed by atoms with Gasteiger partial charge < -0.3 is 18.9 Å². The normalized spacial score (nSPS) is 23.2. The molecular formula is C14H20N4O3. The first kappa shape index (κ1) is 14.2. The standard InChI is InChI=1S/C14H20N4O3/c1-17(2)7-10-6-11(19)8-18(10)9-13-15-14(16-21-13)12-4-3-5-20-12/h3-5,10-11,19H,6-9H2,1-2H3. The van der Waals surface area contributed by atoms with Crippen molar-refractivity contribution in [3.63, 3.8) is 0 Å². The number of β-amino-alcohol motifs (C(OH)–C–C–N with tert-alkyl or cyclic N) is 1. The Bertz CT molecular complexity index is 567. The summed E-state index contributed by atoms with van der Waals surface area (Å²) in [6.45, 7) is 2.08. The predicted molar refractivity (Wildman–Crippen MR) is 75.4 cm³/mol. The molecule has 1 saturated heterocycles. The van der Waals surface area contributed by atoms with Gasteiger partial charge in [-0.2, -0.15) is 4.98 Å². The highest BCUT2D eigenvalue weighted by molar-refractivity contribution is 5.44. The molecule has 1 fully saturated rings. The van der Waals surface area contributed by atoms with Crippen LogP contribution in [0.2, 0.25) is 0 Å². The van der Waals surface area contributed by atoms with Gasteiger partial charge in [-0.15, -0.1) is 0 Å². The molecule has 0 spiro atoms. The van der Waals surface area contributed by atoms with E-state index in [4.69, 9.17) is 8.94 Å². The van der Waals surface area contributed by atoms with Gasteiger partial charge in [-0.25, -0.2) is 0 Å². The van der Waals surface area contributed by atoms with Gasteiger partial charge in [-0.3, -0.25) is 4.90 Å². The number of furan rings is 1. The first-order chi connectivity index (χ1) is 10.1. The van der Waals surface area contributed by atoms with Gasteiger partial charge in [0.1, 0.15) is 0 Å². The van der Waals surface area contributed by atoms with Gasteiger partial charge in [0.05, 0.1) is 18.9 Å². The summed E-state index contributed by atoms with van der Waals surface area (Å²) in [7, 11) is 4.06. The fourth-order valence-electron chi connectivity index (χ4n) is 2.76. The maximum Gasteiger partial charge on any atom is 0.241 e. The summed E-state index contributed by atoms with van der Waals surface area (Å²) in [5.41, 5.74) is 0. The zero-order valence-corrected chi connectivity index (χ0v) is 12.3. The number of hydrogen-bond acceptors (Lipinski definition) is 7. The van der Waals surface area contributed by atoms with Crippen molar-refractivity contribution in [3.8, 4) is 11.6 Å². The number of likely N-dealkylation sites (N-methyl/N-ethyl adjacent to an activating group) is 1. The lowest BCUT2D eigenvalue weighted by molar-refractivity contribution is 0.158. The molecule has 0 radical (unpaired) electrons. The summed E-state index contributed by atoms with van der Waals surface area (Å²) in [5, 5.41) is 13.8. The van der Waals surface area contributed by atoms with Crippen LogP contribution in [0, 0.1) is 0 Å². The molecule has 1 aliphatic rings.